The third kappa shape index (κ3) is 3.13. The Morgan fingerprint density at radius 3 is 1.89 bits per heavy atom. The molecule has 0 aromatic rings. The van der Waals surface area contributed by atoms with Gasteiger partial charge in [-0.3, -0.25) is 9.69 Å². The number of piperazine rings is 1. The van der Waals surface area contributed by atoms with E-state index < -0.39 is 0 Å². The van der Waals surface area contributed by atoms with Crippen LogP contribution in [0.25, 0.3) is 0 Å². The second-order valence-corrected chi connectivity index (χ2v) is 6.63. The first-order valence-electron chi connectivity index (χ1n) is 8.37. The largest absolute Gasteiger partial charge is 0.340 e. The van der Waals surface area contributed by atoms with Gasteiger partial charge in [-0.1, -0.05) is 32.1 Å². The molecule has 108 valence electrons. The number of hydrogen-bond acceptors (Lipinski definition) is 2. The minimum Gasteiger partial charge on any atom is -0.340 e. The second-order valence-electron chi connectivity index (χ2n) is 6.63. The third-order valence-electron chi connectivity index (χ3n) is 5.42. The van der Waals surface area contributed by atoms with E-state index in [0.717, 1.165) is 45.1 Å². The van der Waals surface area contributed by atoms with Crippen molar-refractivity contribution in [3.63, 3.8) is 0 Å². The summed E-state index contributed by atoms with van der Waals surface area (Å²) in [5.41, 5.74) is 0. The molecule has 2 aliphatic carbocycles. The van der Waals surface area contributed by atoms with E-state index in [-0.39, 0.29) is 0 Å². The SMILES string of the molecule is O=C(C1CCC1)N1CCN(C2CCCCCC2)CC1. The maximum absolute atomic E-state index is 12.2. The number of hydrogen-bond donors (Lipinski definition) is 0. The van der Waals surface area contributed by atoms with Crippen molar-refractivity contribution in [2.24, 2.45) is 5.92 Å². The Bertz CT molecular complexity index is 298. The lowest BCUT2D eigenvalue weighted by Crippen LogP contribution is -2.53. The molecule has 0 atom stereocenters. The van der Waals surface area contributed by atoms with Gasteiger partial charge in [0, 0.05) is 38.1 Å². The molecule has 3 fully saturated rings. The number of carbonyl (C=O) groups excluding carboxylic acids is 1. The highest BCUT2D eigenvalue weighted by molar-refractivity contribution is 5.79. The second kappa shape index (κ2) is 6.25. The quantitative estimate of drug-likeness (QED) is 0.716. The van der Waals surface area contributed by atoms with Gasteiger partial charge in [0.1, 0.15) is 0 Å². The van der Waals surface area contributed by atoms with Crippen molar-refractivity contribution in [2.75, 3.05) is 26.2 Å². The van der Waals surface area contributed by atoms with E-state index in [9.17, 15) is 4.79 Å². The van der Waals surface area contributed by atoms with Gasteiger partial charge in [-0.25, -0.2) is 0 Å². The fourth-order valence-electron chi connectivity index (χ4n) is 3.84. The van der Waals surface area contributed by atoms with Crippen LogP contribution < -0.4 is 0 Å². The van der Waals surface area contributed by atoms with E-state index in [1.54, 1.807) is 0 Å². The molecule has 1 saturated heterocycles. The van der Waals surface area contributed by atoms with Crippen LogP contribution in [0.5, 0.6) is 0 Å². The fraction of sp³-hybridized carbons (Fsp3) is 0.938. The molecule has 1 heterocycles. The van der Waals surface area contributed by atoms with E-state index >= 15 is 0 Å². The van der Waals surface area contributed by atoms with Crippen LogP contribution in [0.15, 0.2) is 0 Å². The lowest BCUT2D eigenvalue weighted by atomic mass is 9.84. The van der Waals surface area contributed by atoms with E-state index in [1.807, 2.05) is 0 Å². The van der Waals surface area contributed by atoms with Gasteiger partial charge in [0.15, 0.2) is 0 Å². The number of rotatable bonds is 2. The minimum atomic E-state index is 0.379. The molecule has 3 rings (SSSR count). The summed E-state index contributed by atoms with van der Waals surface area (Å²) < 4.78 is 0. The average Bonchev–Trinajstić information content (AvgIpc) is 2.65. The Morgan fingerprint density at radius 2 is 1.37 bits per heavy atom. The predicted molar refractivity (Wildman–Crippen MR) is 77.0 cm³/mol. The summed E-state index contributed by atoms with van der Waals surface area (Å²) in [6, 6.07) is 0.809. The minimum absolute atomic E-state index is 0.379. The Hall–Kier alpha value is -0.570. The highest BCUT2D eigenvalue weighted by Gasteiger charge is 2.32. The van der Waals surface area contributed by atoms with Crippen molar-refractivity contribution in [1.82, 2.24) is 9.80 Å². The zero-order valence-electron chi connectivity index (χ0n) is 12.1. The molecule has 1 aliphatic heterocycles. The molecule has 1 amide bonds. The smallest absolute Gasteiger partial charge is 0.225 e. The Balaban J connectivity index is 1.46. The molecule has 3 heteroatoms. The van der Waals surface area contributed by atoms with Crippen molar-refractivity contribution in [3.8, 4) is 0 Å². The standard InChI is InChI=1S/C16H28N2O/c19-16(14-6-5-7-14)18-12-10-17(11-13-18)15-8-3-1-2-4-9-15/h14-15H,1-13H2. The fourth-order valence-corrected chi connectivity index (χ4v) is 3.84. The first-order chi connectivity index (χ1) is 9.34. The molecule has 19 heavy (non-hydrogen) atoms. The molecule has 3 nitrogen and oxygen atoms in total. The van der Waals surface area contributed by atoms with Gasteiger partial charge in [-0.2, -0.15) is 0 Å². The monoisotopic (exact) mass is 264 g/mol. The van der Waals surface area contributed by atoms with Gasteiger partial charge < -0.3 is 4.90 Å². The first kappa shape index (κ1) is 13.4. The third-order valence-corrected chi connectivity index (χ3v) is 5.42. The van der Waals surface area contributed by atoms with Crippen molar-refractivity contribution in [2.45, 2.75) is 63.8 Å². The molecule has 2 saturated carbocycles. The van der Waals surface area contributed by atoms with Crippen LogP contribution in [0, 0.1) is 5.92 Å². The summed E-state index contributed by atoms with van der Waals surface area (Å²) in [4.78, 5) is 17.0. The predicted octanol–water partition coefficient (Wildman–Crippen LogP) is 2.65. The summed E-state index contributed by atoms with van der Waals surface area (Å²) in [6.07, 6.45) is 12.0. The maximum atomic E-state index is 12.2. The summed E-state index contributed by atoms with van der Waals surface area (Å²) >= 11 is 0. The van der Waals surface area contributed by atoms with Crippen LogP contribution in [0.1, 0.15) is 57.8 Å². The van der Waals surface area contributed by atoms with E-state index in [1.165, 1.54) is 44.9 Å². The van der Waals surface area contributed by atoms with E-state index in [0.29, 0.717) is 11.8 Å². The lowest BCUT2D eigenvalue weighted by molar-refractivity contribution is -0.140. The van der Waals surface area contributed by atoms with Gasteiger partial charge in [0.05, 0.1) is 0 Å². The summed E-state index contributed by atoms with van der Waals surface area (Å²) in [6.45, 7) is 4.18. The Morgan fingerprint density at radius 1 is 0.737 bits per heavy atom. The van der Waals surface area contributed by atoms with Gasteiger partial charge in [0.2, 0.25) is 5.91 Å². The average molecular weight is 264 g/mol. The highest BCUT2D eigenvalue weighted by atomic mass is 16.2. The zero-order chi connectivity index (χ0) is 13.1. The number of nitrogens with zero attached hydrogens (tertiary/aromatic N) is 2. The van der Waals surface area contributed by atoms with Crippen molar-refractivity contribution >= 4 is 5.91 Å². The van der Waals surface area contributed by atoms with Gasteiger partial charge in [-0.15, -0.1) is 0 Å². The van der Waals surface area contributed by atoms with Gasteiger partial charge in [-0.05, 0) is 25.7 Å². The van der Waals surface area contributed by atoms with Gasteiger partial charge >= 0.3 is 0 Å². The van der Waals surface area contributed by atoms with Crippen LogP contribution in [-0.4, -0.2) is 47.9 Å². The summed E-state index contributed by atoms with van der Waals surface area (Å²) in [7, 11) is 0. The van der Waals surface area contributed by atoms with E-state index in [4.69, 9.17) is 0 Å². The number of amides is 1. The van der Waals surface area contributed by atoms with Gasteiger partial charge in [0.25, 0.3) is 0 Å². The van der Waals surface area contributed by atoms with Crippen LogP contribution >= 0.6 is 0 Å². The topological polar surface area (TPSA) is 23.6 Å². The van der Waals surface area contributed by atoms with E-state index in [2.05, 4.69) is 9.80 Å². The van der Waals surface area contributed by atoms with Crippen LogP contribution in [0.4, 0.5) is 0 Å². The van der Waals surface area contributed by atoms with Crippen molar-refractivity contribution in [3.05, 3.63) is 0 Å². The summed E-state index contributed by atoms with van der Waals surface area (Å²) in [5.74, 6) is 0.830. The van der Waals surface area contributed by atoms with Crippen LogP contribution in [0.2, 0.25) is 0 Å². The summed E-state index contributed by atoms with van der Waals surface area (Å²) in [5, 5.41) is 0. The normalized spacial score (nSPS) is 27.9. The molecule has 0 unspecified atom stereocenters. The molecule has 0 N–H and O–H groups in total. The Kier molecular flexibility index (Phi) is 4.42. The number of carbonyl (C=O) groups is 1. The molecule has 0 bridgehead atoms. The maximum Gasteiger partial charge on any atom is 0.225 e. The van der Waals surface area contributed by atoms with Crippen molar-refractivity contribution < 1.29 is 4.79 Å². The molecular weight excluding hydrogens is 236 g/mol. The molecular formula is C16H28N2O. The molecule has 0 radical (unpaired) electrons. The Labute approximate surface area is 117 Å². The van der Waals surface area contributed by atoms with Crippen molar-refractivity contribution in [1.29, 1.82) is 0 Å². The molecule has 0 aromatic heterocycles. The first-order valence-corrected chi connectivity index (χ1v) is 8.37. The highest BCUT2D eigenvalue weighted by Crippen LogP contribution is 2.29. The zero-order valence-corrected chi connectivity index (χ0v) is 12.1. The lowest BCUT2D eigenvalue weighted by Gasteiger charge is -2.41. The molecule has 3 aliphatic rings. The molecule has 0 aromatic carbocycles. The van der Waals surface area contributed by atoms with Crippen LogP contribution in [-0.2, 0) is 4.79 Å². The molecule has 0 spiro atoms. The van der Waals surface area contributed by atoms with Crippen LogP contribution in [0.3, 0.4) is 0 Å².